The molecule has 0 aromatic heterocycles. The van der Waals surface area contributed by atoms with Crippen LogP contribution in [0.1, 0.15) is 91.9 Å². The summed E-state index contributed by atoms with van der Waals surface area (Å²) in [6, 6.07) is 0. The minimum absolute atomic E-state index is 0.920. The standard InChI is InChI=1S/C10H20.C8H16/c1-9(2)8-10-6-4-3-5-7-10;1-7(2)6-8-4-3-5-8/h9-10H,3-8H2,1-2H3;7-8H,3-6H2,1-2H3. The molecule has 0 radical (unpaired) electrons. The Morgan fingerprint density at radius 3 is 1.28 bits per heavy atom. The van der Waals surface area contributed by atoms with Crippen molar-refractivity contribution in [2.24, 2.45) is 23.7 Å². The Morgan fingerprint density at radius 1 is 0.611 bits per heavy atom. The first-order valence-corrected chi connectivity index (χ1v) is 8.58. The van der Waals surface area contributed by atoms with Crippen molar-refractivity contribution >= 4 is 0 Å². The molecule has 0 aromatic rings. The maximum absolute atomic E-state index is 2.34. The van der Waals surface area contributed by atoms with Crippen LogP contribution in [-0.2, 0) is 0 Å². The van der Waals surface area contributed by atoms with Gasteiger partial charge in [-0.25, -0.2) is 0 Å². The monoisotopic (exact) mass is 252 g/mol. The minimum Gasteiger partial charge on any atom is -0.0628 e. The van der Waals surface area contributed by atoms with Crippen molar-refractivity contribution in [1.29, 1.82) is 0 Å². The van der Waals surface area contributed by atoms with Crippen LogP contribution in [0.25, 0.3) is 0 Å². The molecule has 0 atom stereocenters. The molecular formula is C18H36. The van der Waals surface area contributed by atoms with E-state index in [0.29, 0.717) is 0 Å². The average Bonchev–Trinajstić information content (AvgIpc) is 2.25. The highest BCUT2D eigenvalue weighted by atomic mass is 14.2. The predicted octanol–water partition coefficient (Wildman–Crippen LogP) is 6.45. The van der Waals surface area contributed by atoms with Gasteiger partial charge in [0.25, 0.3) is 0 Å². The van der Waals surface area contributed by atoms with Crippen LogP contribution in [0.4, 0.5) is 0 Å². The Bertz CT molecular complexity index is 182. The van der Waals surface area contributed by atoms with Gasteiger partial charge in [-0.3, -0.25) is 0 Å². The van der Waals surface area contributed by atoms with Crippen LogP contribution in [0.5, 0.6) is 0 Å². The molecule has 0 saturated heterocycles. The molecule has 0 unspecified atom stereocenters. The van der Waals surface area contributed by atoms with E-state index >= 15 is 0 Å². The fourth-order valence-corrected chi connectivity index (χ4v) is 3.48. The van der Waals surface area contributed by atoms with Crippen molar-refractivity contribution in [3.05, 3.63) is 0 Å². The highest BCUT2D eigenvalue weighted by Crippen LogP contribution is 2.31. The average molecular weight is 252 g/mol. The third-order valence-electron chi connectivity index (χ3n) is 4.56. The highest BCUT2D eigenvalue weighted by molar-refractivity contribution is 4.70. The molecule has 0 nitrogen and oxygen atoms in total. The van der Waals surface area contributed by atoms with Crippen LogP contribution >= 0.6 is 0 Å². The Hall–Kier alpha value is 0. The van der Waals surface area contributed by atoms with E-state index in [1.165, 1.54) is 64.2 Å². The van der Waals surface area contributed by atoms with Crippen LogP contribution < -0.4 is 0 Å². The van der Waals surface area contributed by atoms with Gasteiger partial charge in [0.1, 0.15) is 0 Å². The smallest absolute Gasteiger partial charge is 0.0412 e. The molecule has 2 aliphatic carbocycles. The van der Waals surface area contributed by atoms with Crippen LogP contribution in [0, 0.1) is 23.7 Å². The van der Waals surface area contributed by atoms with Crippen molar-refractivity contribution in [3.8, 4) is 0 Å². The molecule has 2 fully saturated rings. The normalized spacial score (nSPS) is 21.7. The molecule has 0 bridgehead atoms. The fraction of sp³-hybridized carbons (Fsp3) is 1.00. The van der Waals surface area contributed by atoms with Gasteiger partial charge >= 0.3 is 0 Å². The van der Waals surface area contributed by atoms with E-state index in [4.69, 9.17) is 0 Å². The maximum Gasteiger partial charge on any atom is -0.0412 e. The largest absolute Gasteiger partial charge is 0.0628 e. The number of rotatable bonds is 4. The van der Waals surface area contributed by atoms with Gasteiger partial charge in [0.2, 0.25) is 0 Å². The molecule has 2 saturated carbocycles. The molecule has 2 aliphatic rings. The van der Waals surface area contributed by atoms with E-state index in [2.05, 4.69) is 27.7 Å². The van der Waals surface area contributed by atoms with E-state index < -0.39 is 0 Å². The van der Waals surface area contributed by atoms with Crippen molar-refractivity contribution in [3.63, 3.8) is 0 Å². The summed E-state index contributed by atoms with van der Waals surface area (Å²) in [5.41, 5.74) is 0. The Kier molecular flexibility index (Phi) is 8.02. The molecule has 108 valence electrons. The molecule has 0 heteroatoms. The zero-order chi connectivity index (χ0) is 13.4. The van der Waals surface area contributed by atoms with E-state index in [1.54, 1.807) is 0 Å². The van der Waals surface area contributed by atoms with Gasteiger partial charge in [-0.1, -0.05) is 79.1 Å². The third-order valence-corrected chi connectivity index (χ3v) is 4.56. The second-order valence-electron chi connectivity index (χ2n) is 7.56. The van der Waals surface area contributed by atoms with Gasteiger partial charge in [0, 0.05) is 0 Å². The van der Waals surface area contributed by atoms with Crippen molar-refractivity contribution in [2.45, 2.75) is 91.9 Å². The van der Waals surface area contributed by atoms with Crippen molar-refractivity contribution in [2.75, 3.05) is 0 Å². The van der Waals surface area contributed by atoms with Crippen LogP contribution in [0.2, 0.25) is 0 Å². The lowest BCUT2D eigenvalue weighted by Crippen LogP contribution is -2.12. The molecule has 0 aliphatic heterocycles. The van der Waals surface area contributed by atoms with Gasteiger partial charge < -0.3 is 0 Å². The summed E-state index contributed by atoms with van der Waals surface area (Å²) in [6.07, 6.45) is 15.0. The summed E-state index contributed by atoms with van der Waals surface area (Å²) in [5.74, 6) is 4.03. The summed E-state index contributed by atoms with van der Waals surface area (Å²) >= 11 is 0. The molecule has 0 aromatic carbocycles. The number of hydrogen-bond acceptors (Lipinski definition) is 0. The van der Waals surface area contributed by atoms with E-state index in [1.807, 2.05) is 0 Å². The van der Waals surface area contributed by atoms with Crippen LogP contribution in [-0.4, -0.2) is 0 Å². The van der Waals surface area contributed by atoms with Gasteiger partial charge in [-0.15, -0.1) is 0 Å². The zero-order valence-electron chi connectivity index (χ0n) is 13.4. The van der Waals surface area contributed by atoms with Gasteiger partial charge in [0.15, 0.2) is 0 Å². The summed E-state index contributed by atoms with van der Waals surface area (Å²) in [4.78, 5) is 0. The second-order valence-corrected chi connectivity index (χ2v) is 7.56. The quantitative estimate of drug-likeness (QED) is 0.539. The summed E-state index contributed by atoms with van der Waals surface area (Å²) in [6.45, 7) is 9.32. The summed E-state index contributed by atoms with van der Waals surface area (Å²) in [5, 5.41) is 0. The van der Waals surface area contributed by atoms with Gasteiger partial charge in [-0.05, 0) is 36.5 Å². The highest BCUT2D eigenvalue weighted by Gasteiger charge is 2.17. The zero-order valence-corrected chi connectivity index (χ0v) is 13.4. The van der Waals surface area contributed by atoms with Gasteiger partial charge in [0.05, 0.1) is 0 Å². The van der Waals surface area contributed by atoms with Crippen molar-refractivity contribution in [1.82, 2.24) is 0 Å². The first-order chi connectivity index (χ1) is 8.58. The molecule has 0 amide bonds. The second kappa shape index (κ2) is 8.99. The topological polar surface area (TPSA) is 0 Å². The summed E-state index contributed by atoms with van der Waals surface area (Å²) in [7, 11) is 0. The molecular weight excluding hydrogens is 216 g/mol. The van der Waals surface area contributed by atoms with Gasteiger partial charge in [-0.2, -0.15) is 0 Å². The molecule has 18 heavy (non-hydrogen) atoms. The lowest BCUT2D eigenvalue weighted by Gasteiger charge is -2.26. The minimum atomic E-state index is 0.920. The third kappa shape index (κ3) is 7.44. The Balaban J connectivity index is 0.000000184. The maximum atomic E-state index is 2.34. The van der Waals surface area contributed by atoms with E-state index in [0.717, 1.165) is 23.7 Å². The lowest BCUT2D eigenvalue weighted by molar-refractivity contribution is 0.264. The lowest BCUT2D eigenvalue weighted by atomic mass is 9.80. The molecule has 2 rings (SSSR count). The first kappa shape index (κ1) is 16.1. The summed E-state index contributed by atoms with van der Waals surface area (Å²) < 4.78 is 0. The van der Waals surface area contributed by atoms with Crippen LogP contribution in [0.3, 0.4) is 0 Å². The van der Waals surface area contributed by atoms with Crippen molar-refractivity contribution < 1.29 is 0 Å². The SMILES string of the molecule is CC(C)CC1CCC1.CC(C)CC1CCCCC1. The fourth-order valence-electron chi connectivity index (χ4n) is 3.48. The first-order valence-electron chi connectivity index (χ1n) is 8.58. The molecule has 0 N–H and O–H groups in total. The molecule has 0 heterocycles. The van der Waals surface area contributed by atoms with Crippen LogP contribution in [0.15, 0.2) is 0 Å². The Labute approximate surface area is 116 Å². The number of hydrogen-bond donors (Lipinski definition) is 0. The van der Waals surface area contributed by atoms with E-state index in [-0.39, 0.29) is 0 Å². The predicted molar refractivity (Wildman–Crippen MR) is 82.8 cm³/mol. The van der Waals surface area contributed by atoms with E-state index in [9.17, 15) is 0 Å². The molecule has 0 spiro atoms. The Morgan fingerprint density at radius 2 is 1.00 bits per heavy atom.